The number of hydrogen-bond donors (Lipinski definition) is 1. The van der Waals surface area contributed by atoms with Crippen molar-refractivity contribution in [2.24, 2.45) is 5.73 Å². The van der Waals surface area contributed by atoms with Crippen LogP contribution in [-0.2, 0) is 6.42 Å². The van der Waals surface area contributed by atoms with Gasteiger partial charge in [-0.25, -0.2) is 0 Å². The van der Waals surface area contributed by atoms with Gasteiger partial charge in [0.25, 0.3) is 0 Å². The van der Waals surface area contributed by atoms with E-state index in [-0.39, 0.29) is 0 Å². The van der Waals surface area contributed by atoms with Crippen LogP contribution in [0.3, 0.4) is 0 Å². The van der Waals surface area contributed by atoms with E-state index in [0.717, 1.165) is 31.7 Å². The summed E-state index contributed by atoms with van der Waals surface area (Å²) in [4.78, 5) is 2.41. The number of para-hydroxylation sites is 2. The van der Waals surface area contributed by atoms with E-state index < -0.39 is 0 Å². The molecule has 1 atom stereocenters. The maximum Gasteiger partial charge on any atom is 0.142 e. The van der Waals surface area contributed by atoms with Crippen LogP contribution in [0.2, 0.25) is 0 Å². The van der Waals surface area contributed by atoms with Crippen molar-refractivity contribution in [2.45, 2.75) is 18.9 Å². The standard InChI is InChI=1S/C18H22N2O/c19-14-16(13-15-7-2-1-3-8-15)20-11-6-12-21-18-10-5-4-9-17(18)20/h1-5,7-10,16H,6,11-14,19H2. The van der Waals surface area contributed by atoms with Crippen molar-refractivity contribution in [1.82, 2.24) is 0 Å². The molecule has 0 aliphatic carbocycles. The number of benzene rings is 2. The molecule has 1 aliphatic rings. The Kier molecular flexibility index (Phi) is 4.41. The molecular formula is C18H22N2O. The zero-order chi connectivity index (χ0) is 14.5. The Hall–Kier alpha value is -2.00. The molecule has 2 aromatic carbocycles. The molecule has 0 saturated carbocycles. The lowest BCUT2D eigenvalue weighted by Crippen LogP contribution is -2.42. The summed E-state index contributed by atoms with van der Waals surface area (Å²) in [5, 5.41) is 0. The maximum atomic E-state index is 6.08. The third kappa shape index (κ3) is 3.19. The fourth-order valence-corrected chi connectivity index (χ4v) is 2.94. The highest BCUT2D eigenvalue weighted by molar-refractivity contribution is 5.59. The molecule has 0 fully saturated rings. The molecule has 1 heterocycles. The van der Waals surface area contributed by atoms with Crippen LogP contribution in [0.25, 0.3) is 0 Å². The third-order valence-corrected chi connectivity index (χ3v) is 4.00. The molecule has 2 N–H and O–H groups in total. The van der Waals surface area contributed by atoms with Crippen molar-refractivity contribution in [3.8, 4) is 5.75 Å². The first-order valence-corrected chi connectivity index (χ1v) is 7.61. The summed E-state index contributed by atoms with van der Waals surface area (Å²) in [7, 11) is 0. The summed E-state index contributed by atoms with van der Waals surface area (Å²) in [6, 6.07) is 19.1. The highest BCUT2D eigenvalue weighted by Crippen LogP contribution is 2.32. The van der Waals surface area contributed by atoms with Gasteiger partial charge in [-0.2, -0.15) is 0 Å². The van der Waals surface area contributed by atoms with E-state index in [1.54, 1.807) is 0 Å². The number of nitrogens with two attached hydrogens (primary N) is 1. The number of fused-ring (bicyclic) bond motifs is 1. The lowest BCUT2D eigenvalue weighted by molar-refractivity contribution is 0.322. The van der Waals surface area contributed by atoms with Crippen LogP contribution in [0.5, 0.6) is 5.75 Å². The van der Waals surface area contributed by atoms with E-state index in [9.17, 15) is 0 Å². The van der Waals surface area contributed by atoms with Crippen LogP contribution in [0.1, 0.15) is 12.0 Å². The molecule has 3 nitrogen and oxygen atoms in total. The smallest absolute Gasteiger partial charge is 0.142 e. The molecule has 1 aliphatic heterocycles. The van der Waals surface area contributed by atoms with Gasteiger partial charge in [0.15, 0.2) is 0 Å². The van der Waals surface area contributed by atoms with E-state index in [4.69, 9.17) is 10.5 Å². The topological polar surface area (TPSA) is 38.5 Å². The summed E-state index contributed by atoms with van der Waals surface area (Å²) in [5.41, 5.74) is 8.57. The highest BCUT2D eigenvalue weighted by Gasteiger charge is 2.22. The SMILES string of the molecule is NCC(Cc1ccccc1)N1CCCOc2ccccc21. The molecule has 1 unspecified atom stereocenters. The fraction of sp³-hybridized carbons (Fsp3) is 0.333. The molecule has 3 heteroatoms. The van der Waals surface area contributed by atoms with Crippen LogP contribution >= 0.6 is 0 Å². The Morgan fingerprint density at radius 2 is 1.81 bits per heavy atom. The molecule has 0 radical (unpaired) electrons. The molecule has 110 valence electrons. The van der Waals surface area contributed by atoms with Crippen molar-refractivity contribution in [2.75, 3.05) is 24.6 Å². The predicted octanol–water partition coefficient (Wildman–Crippen LogP) is 2.85. The minimum absolute atomic E-state index is 0.301. The average molecular weight is 282 g/mol. The normalized spacial score (nSPS) is 15.8. The largest absolute Gasteiger partial charge is 0.491 e. The van der Waals surface area contributed by atoms with E-state index in [0.29, 0.717) is 12.6 Å². The minimum Gasteiger partial charge on any atom is -0.491 e. The molecule has 0 amide bonds. The van der Waals surface area contributed by atoms with Gasteiger partial charge in [0.05, 0.1) is 12.3 Å². The second kappa shape index (κ2) is 6.64. The van der Waals surface area contributed by atoms with Crippen molar-refractivity contribution >= 4 is 5.69 Å². The first kappa shape index (κ1) is 14.0. The van der Waals surface area contributed by atoms with E-state index >= 15 is 0 Å². The minimum atomic E-state index is 0.301. The molecule has 3 rings (SSSR count). The van der Waals surface area contributed by atoms with Crippen LogP contribution in [0.4, 0.5) is 5.69 Å². The Labute approximate surface area is 126 Å². The van der Waals surface area contributed by atoms with Gasteiger partial charge in [-0.05, 0) is 30.5 Å². The second-order valence-corrected chi connectivity index (χ2v) is 5.44. The zero-order valence-corrected chi connectivity index (χ0v) is 12.2. The van der Waals surface area contributed by atoms with Gasteiger partial charge in [-0.3, -0.25) is 0 Å². The van der Waals surface area contributed by atoms with E-state index in [1.807, 2.05) is 12.1 Å². The van der Waals surface area contributed by atoms with Crippen LogP contribution in [0, 0.1) is 0 Å². The quantitative estimate of drug-likeness (QED) is 0.937. The first-order chi connectivity index (χ1) is 10.4. The average Bonchev–Trinajstić information content (AvgIpc) is 2.76. The lowest BCUT2D eigenvalue weighted by Gasteiger charge is -2.32. The lowest BCUT2D eigenvalue weighted by atomic mass is 10.0. The zero-order valence-electron chi connectivity index (χ0n) is 12.2. The van der Waals surface area contributed by atoms with Gasteiger partial charge in [-0.1, -0.05) is 42.5 Å². The Balaban J connectivity index is 1.86. The maximum absolute atomic E-state index is 6.08. The predicted molar refractivity (Wildman–Crippen MR) is 86.9 cm³/mol. The second-order valence-electron chi connectivity index (χ2n) is 5.44. The van der Waals surface area contributed by atoms with E-state index in [2.05, 4.69) is 47.4 Å². The highest BCUT2D eigenvalue weighted by atomic mass is 16.5. The molecule has 21 heavy (non-hydrogen) atoms. The summed E-state index contributed by atoms with van der Waals surface area (Å²) in [5.74, 6) is 0.974. The van der Waals surface area contributed by atoms with Gasteiger partial charge in [0, 0.05) is 19.1 Å². The third-order valence-electron chi connectivity index (χ3n) is 4.00. The number of rotatable bonds is 4. The van der Waals surface area contributed by atoms with Crippen molar-refractivity contribution in [3.63, 3.8) is 0 Å². The number of nitrogens with zero attached hydrogens (tertiary/aromatic N) is 1. The van der Waals surface area contributed by atoms with Gasteiger partial charge in [0.2, 0.25) is 0 Å². The van der Waals surface area contributed by atoms with Gasteiger partial charge in [-0.15, -0.1) is 0 Å². The number of hydrogen-bond acceptors (Lipinski definition) is 3. The monoisotopic (exact) mass is 282 g/mol. The fourth-order valence-electron chi connectivity index (χ4n) is 2.94. The van der Waals surface area contributed by atoms with Crippen LogP contribution < -0.4 is 15.4 Å². The summed E-state index contributed by atoms with van der Waals surface area (Å²) >= 11 is 0. The number of anilines is 1. The van der Waals surface area contributed by atoms with Crippen LogP contribution in [-0.4, -0.2) is 25.7 Å². The summed E-state index contributed by atoms with van der Waals surface area (Å²) in [6.07, 6.45) is 1.99. The molecule has 0 spiro atoms. The Bertz CT molecular complexity index is 570. The first-order valence-electron chi connectivity index (χ1n) is 7.61. The molecule has 2 aromatic rings. The Morgan fingerprint density at radius 3 is 2.62 bits per heavy atom. The Morgan fingerprint density at radius 1 is 1.05 bits per heavy atom. The summed E-state index contributed by atoms with van der Waals surface area (Å²) in [6.45, 7) is 2.41. The van der Waals surface area contributed by atoms with Crippen molar-refractivity contribution in [1.29, 1.82) is 0 Å². The molecule has 0 saturated heterocycles. The van der Waals surface area contributed by atoms with E-state index in [1.165, 1.54) is 11.3 Å². The molecule has 0 aromatic heterocycles. The molecule has 0 bridgehead atoms. The van der Waals surface area contributed by atoms with Crippen LogP contribution in [0.15, 0.2) is 54.6 Å². The van der Waals surface area contributed by atoms with Crippen molar-refractivity contribution in [3.05, 3.63) is 60.2 Å². The van der Waals surface area contributed by atoms with Gasteiger partial charge < -0.3 is 15.4 Å². The molecular weight excluding hydrogens is 260 g/mol. The van der Waals surface area contributed by atoms with Gasteiger partial charge >= 0.3 is 0 Å². The summed E-state index contributed by atoms with van der Waals surface area (Å²) < 4.78 is 5.84. The van der Waals surface area contributed by atoms with Gasteiger partial charge in [0.1, 0.15) is 5.75 Å². The number of ether oxygens (including phenoxy) is 1. The van der Waals surface area contributed by atoms with Crippen molar-refractivity contribution < 1.29 is 4.74 Å².